The van der Waals surface area contributed by atoms with Gasteiger partial charge in [0.05, 0.1) is 35.3 Å². The Labute approximate surface area is 224 Å². The molecule has 3 N–H and O–H groups in total. The molecule has 0 radical (unpaired) electrons. The summed E-state index contributed by atoms with van der Waals surface area (Å²) in [7, 11) is 1.42. The SMILES string of the molecule is C=C(O)C(=C)OC.CC.CC.CC[NH+]1CCCc2c(sc(NC(C)=O)c2-c2nc3ccccc3s2)C1. The second-order valence-electron chi connectivity index (χ2n) is 7.58. The van der Waals surface area contributed by atoms with E-state index in [1.165, 1.54) is 35.2 Å². The van der Waals surface area contributed by atoms with Crippen LogP contribution in [0, 0.1) is 0 Å². The average molecular weight is 533 g/mol. The summed E-state index contributed by atoms with van der Waals surface area (Å²) in [5.41, 5.74) is 3.59. The Bertz CT molecular complexity index is 1100. The molecule has 3 heterocycles. The standard InChI is InChI=1S/C19H21N3OS2.C5H8O2.2C2H6/c1-3-22-10-6-7-13-16(11-22)25-18(20-12(2)23)17(13)19-21-14-8-4-5-9-15(14)24-19;1-4(6)5(2)7-3;2*1-2/h4-5,8-9H,3,6-7,10-11H2,1-2H3,(H,20,23);6H,1-2H2,3H3;2*1-2H3/p+1. The lowest BCUT2D eigenvalue weighted by Crippen LogP contribution is -3.10. The molecule has 3 aromatic rings. The number of aliphatic hydroxyl groups excluding tert-OH is 1. The van der Waals surface area contributed by atoms with E-state index in [4.69, 9.17) is 10.1 Å². The number of nitrogens with zero attached hydrogens (tertiary/aromatic N) is 1. The number of hydrogen-bond acceptors (Lipinski definition) is 6. The van der Waals surface area contributed by atoms with Crippen LogP contribution in [0.4, 0.5) is 5.00 Å². The van der Waals surface area contributed by atoms with Crippen LogP contribution in [0.2, 0.25) is 0 Å². The third-order valence-electron chi connectivity index (χ3n) is 5.32. The molecule has 8 heteroatoms. The van der Waals surface area contributed by atoms with Crippen molar-refractivity contribution in [3.05, 3.63) is 59.4 Å². The quantitative estimate of drug-likeness (QED) is 0.255. The summed E-state index contributed by atoms with van der Waals surface area (Å²) in [6, 6.07) is 8.25. The van der Waals surface area contributed by atoms with Gasteiger partial charge in [0, 0.05) is 18.9 Å². The third-order valence-corrected chi connectivity index (χ3v) is 7.53. The average Bonchev–Trinajstić information content (AvgIpc) is 3.39. The molecule has 1 atom stereocenters. The minimum absolute atomic E-state index is 0.0153. The van der Waals surface area contributed by atoms with E-state index < -0.39 is 0 Å². The minimum atomic E-state index is -0.123. The summed E-state index contributed by atoms with van der Waals surface area (Å²) in [6.07, 6.45) is 2.25. The number of thiazole rings is 1. The van der Waals surface area contributed by atoms with E-state index in [9.17, 15) is 4.79 Å². The molecule has 2 aromatic heterocycles. The van der Waals surface area contributed by atoms with Gasteiger partial charge in [-0.3, -0.25) is 4.79 Å². The lowest BCUT2D eigenvalue weighted by molar-refractivity contribution is -0.911. The van der Waals surface area contributed by atoms with E-state index in [0.29, 0.717) is 0 Å². The molecule has 0 saturated heterocycles. The first-order valence-electron chi connectivity index (χ1n) is 12.6. The van der Waals surface area contributed by atoms with Crippen molar-refractivity contribution in [3.63, 3.8) is 0 Å². The number of thiophene rings is 1. The number of rotatable bonds is 5. The highest BCUT2D eigenvalue weighted by Gasteiger charge is 2.27. The molecule has 198 valence electrons. The normalized spacial score (nSPS) is 13.8. The van der Waals surface area contributed by atoms with Crippen molar-refractivity contribution in [2.75, 3.05) is 25.5 Å². The van der Waals surface area contributed by atoms with Gasteiger partial charge in [-0.25, -0.2) is 4.98 Å². The number of aliphatic hydroxyl groups is 1. The van der Waals surface area contributed by atoms with Crippen molar-refractivity contribution in [2.45, 2.75) is 60.9 Å². The number of amides is 1. The number of anilines is 1. The van der Waals surface area contributed by atoms with Gasteiger partial charge >= 0.3 is 0 Å². The summed E-state index contributed by atoms with van der Waals surface area (Å²) in [6.45, 7) is 21.7. The zero-order chi connectivity index (χ0) is 27.3. The number of fused-ring (bicyclic) bond motifs is 2. The zero-order valence-corrected chi connectivity index (χ0v) is 24.4. The highest BCUT2D eigenvalue weighted by molar-refractivity contribution is 7.22. The van der Waals surface area contributed by atoms with Gasteiger partial charge in [-0.05, 0) is 31.0 Å². The molecule has 1 aliphatic rings. The number of benzene rings is 1. The largest absolute Gasteiger partial charge is 0.505 e. The van der Waals surface area contributed by atoms with Crippen LogP contribution in [-0.4, -0.2) is 36.2 Å². The maximum Gasteiger partial charge on any atom is 0.221 e. The number of para-hydroxylation sites is 1. The van der Waals surface area contributed by atoms with E-state index >= 15 is 0 Å². The van der Waals surface area contributed by atoms with Gasteiger partial charge in [0.15, 0.2) is 5.76 Å². The first-order chi connectivity index (χ1) is 17.3. The van der Waals surface area contributed by atoms with Crippen LogP contribution in [0.3, 0.4) is 0 Å². The van der Waals surface area contributed by atoms with Crippen molar-refractivity contribution in [1.29, 1.82) is 0 Å². The van der Waals surface area contributed by atoms with Crippen LogP contribution in [0.15, 0.2) is 48.9 Å². The highest BCUT2D eigenvalue weighted by Crippen LogP contribution is 2.44. The molecule has 1 unspecified atom stereocenters. The molecular weight excluding hydrogens is 490 g/mol. The molecule has 36 heavy (non-hydrogen) atoms. The van der Waals surface area contributed by atoms with Gasteiger partial charge in [0.2, 0.25) is 5.91 Å². The predicted octanol–water partition coefficient (Wildman–Crippen LogP) is 6.60. The lowest BCUT2D eigenvalue weighted by atomic mass is 10.1. The van der Waals surface area contributed by atoms with Gasteiger partial charge in [-0.1, -0.05) is 53.0 Å². The maximum atomic E-state index is 11.7. The van der Waals surface area contributed by atoms with Crippen molar-refractivity contribution >= 4 is 43.8 Å². The second-order valence-corrected chi connectivity index (χ2v) is 9.72. The van der Waals surface area contributed by atoms with E-state index in [1.54, 1.807) is 34.5 Å². The molecule has 1 aliphatic heterocycles. The topological polar surface area (TPSA) is 75.9 Å². The van der Waals surface area contributed by atoms with Crippen molar-refractivity contribution in [3.8, 4) is 10.6 Å². The first kappa shape index (κ1) is 31.4. The van der Waals surface area contributed by atoms with Crippen LogP contribution < -0.4 is 10.2 Å². The minimum Gasteiger partial charge on any atom is -0.505 e. The van der Waals surface area contributed by atoms with Gasteiger partial charge in [-0.15, -0.1) is 22.7 Å². The van der Waals surface area contributed by atoms with E-state index in [0.717, 1.165) is 40.6 Å². The summed E-state index contributed by atoms with van der Waals surface area (Å²) in [4.78, 5) is 19.6. The molecular formula is C28H42N3O3S2+. The summed E-state index contributed by atoms with van der Waals surface area (Å²) < 4.78 is 5.66. The molecule has 6 nitrogen and oxygen atoms in total. The fraction of sp³-hybridized carbons (Fsp3) is 0.429. The number of carbonyl (C=O) groups excluding carboxylic acids is 1. The van der Waals surface area contributed by atoms with Gasteiger partial charge in [0.1, 0.15) is 22.3 Å². The number of ether oxygens (including phenoxy) is 1. The Morgan fingerprint density at radius 1 is 1.19 bits per heavy atom. The Hall–Kier alpha value is -2.68. The fourth-order valence-electron chi connectivity index (χ4n) is 3.62. The zero-order valence-electron chi connectivity index (χ0n) is 22.8. The molecule has 0 spiro atoms. The second kappa shape index (κ2) is 16.1. The number of quaternary nitrogens is 1. The monoisotopic (exact) mass is 532 g/mol. The maximum absolute atomic E-state index is 11.7. The fourth-order valence-corrected chi connectivity index (χ4v) is 6.10. The van der Waals surface area contributed by atoms with Crippen LogP contribution in [0.5, 0.6) is 0 Å². The molecule has 1 amide bonds. The molecule has 0 fully saturated rings. The predicted molar refractivity (Wildman–Crippen MR) is 156 cm³/mol. The molecule has 0 saturated carbocycles. The van der Waals surface area contributed by atoms with Crippen molar-refractivity contribution < 1.29 is 19.5 Å². The Morgan fingerprint density at radius 3 is 2.39 bits per heavy atom. The highest BCUT2D eigenvalue weighted by atomic mass is 32.1. The van der Waals surface area contributed by atoms with Gasteiger partial charge in [-0.2, -0.15) is 0 Å². The third kappa shape index (κ3) is 8.47. The Balaban J connectivity index is 0.000000506. The summed E-state index contributed by atoms with van der Waals surface area (Å²) in [5.74, 6) is 0.0703. The number of aromatic nitrogens is 1. The van der Waals surface area contributed by atoms with Gasteiger partial charge < -0.3 is 20.1 Å². The molecule has 1 aromatic carbocycles. The first-order valence-corrected chi connectivity index (χ1v) is 14.2. The number of carbonyl (C=O) groups is 1. The molecule has 4 rings (SSSR count). The van der Waals surface area contributed by atoms with E-state index in [1.807, 2.05) is 33.8 Å². The van der Waals surface area contributed by atoms with Crippen LogP contribution in [-0.2, 0) is 22.5 Å². The molecule has 0 bridgehead atoms. The molecule has 0 aliphatic carbocycles. The summed E-state index contributed by atoms with van der Waals surface area (Å²) in [5, 5.41) is 13.5. The summed E-state index contributed by atoms with van der Waals surface area (Å²) >= 11 is 3.46. The van der Waals surface area contributed by atoms with E-state index in [2.05, 4.69) is 48.3 Å². The number of methoxy groups -OCH3 is 1. The smallest absolute Gasteiger partial charge is 0.221 e. The van der Waals surface area contributed by atoms with Crippen LogP contribution in [0.1, 0.15) is 58.4 Å². The number of nitrogens with one attached hydrogen (secondary N) is 2. The number of hydrogen-bond donors (Lipinski definition) is 3. The van der Waals surface area contributed by atoms with Crippen molar-refractivity contribution in [2.24, 2.45) is 0 Å². The Kier molecular flexibility index (Phi) is 14.1. The van der Waals surface area contributed by atoms with E-state index in [-0.39, 0.29) is 17.4 Å². The van der Waals surface area contributed by atoms with Crippen LogP contribution >= 0.6 is 22.7 Å². The lowest BCUT2D eigenvalue weighted by Gasteiger charge is -2.13. The van der Waals surface area contributed by atoms with Gasteiger partial charge in [0.25, 0.3) is 0 Å². The van der Waals surface area contributed by atoms with Crippen LogP contribution in [0.25, 0.3) is 20.8 Å². The Morgan fingerprint density at radius 2 is 1.86 bits per heavy atom. The van der Waals surface area contributed by atoms with Crippen molar-refractivity contribution in [1.82, 2.24) is 4.98 Å².